The Kier molecular flexibility index (Phi) is 6.99. The molecule has 0 bridgehead atoms. The maximum Gasteiger partial charge on any atom is 0.300 e. The Labute approximate surface area is 223 Å². The molecule has 1 N–H and O–H groups in total. The number of carbonyl (C=O) groups excluding carboxylic acids is 2. The van der Waals surface area contributed by atoms with E-state index in [-0.39, 0.29) is 16.4 Å². The van der Waals surface area contributed by atoms with Crippen molar-refractivity contribution in [2.75, 3.05) is 12.0 Å². The van der Waals surface area contributed by atoms with E-state index in [4.69, 9.17) is 21.1 Å². The third kappa shape index (κ3) is 4.83. The number of ketones is 1. The van der Waals surface area contributed by atoms with Crippen LogP contribution in [0.5, 0.6) is 11.5 Å². The number of methoxy groups -OCH3 is 1. The van der Waals surface area contributed by atoms with Crippen LogP contribution in [0.2, 0.25) is 5.02 Å². The first kappa shape index (κ1) is 24.6. The molecule has 1 aliphatic heterocycles. The highest BCUT2D eigenvalue weighted by molar-refractivity contribution is 7.10. The minimum atomic E-state index is -0.794. The SMILES string of the molecule is COc1ccc(/C(O)=C2/C(=O)C(=O)N(c3ccc(OCc4ccccc4)cc3)C2c2cccs2)cc1Cl. The molecule has 37 heavy (non-hydrogen) atoms. The van der Waals surface area contributed by atoms with Gasteiger partial charge in [0, 0.05) is 16.1 Å². The van der Waals surface area contributed by atoms with Crippen molar-refractivity contribution in [1.82, 2.24) is 0 Å². The van der Waals surface area contributed by atoms with Gasteiger partial charge in [0.15, 0.2) is 0 Å². The molecular formula is C29H22ClNO5S. The van der Waals surface area contributed by atoms with Gasteiger partial charge in [0.1, 0.15) is 29.9 Å². The predicted molar refractivity (Wildman–Crippen MR) is 144 cm³/mol. The van der Waals surface area contributed by atoms with Gasteiger partial charge in [-0.3, -0.25) is 14.5 Å². The lowest BCUT2D eigenvalue weighted by Crippen LogP contribution is -2.29. The second-order valence-electron chi connectivity index (χ2n) is 8.30. The van der Waals surface area contributed by atoms with Crippen LogP contribution in [0.15, 0.2) is 95.9 Å². The molecule has 1 unspecified atom stereocenters. The second kappa shape index (κ2) is 10.5. The predicted octanol–water partition coefficient (Wildman–Crippen LogP) is 6.62. The Bertz CT molecular complexity index is 1470. The number of aliphatic hydroxyl groups is 1. The Morgan fingerprint density at radius 1 is 1.00 bits per heavy atom. The summed E-state index contributed by atoms with van der Waals surface area (Å²) in [6.45, 7) is 0.407. The van der Waals surface area contributed by atoms with Crippen molar-refractivity contribution >= 4 is 46.1 Å². The number of ether oxygens (including phenoxy) is 2. The van der Waals surface area contributed by atoms with E-state index in [0.29, 0.717) is 29.4 Å². The number of anilines is 1. The summed E-state index contributed by atoms with van der Waals surface area (Å²) in [6.07, 6.45) is 0. The van der Waals surface area contributed by atoms with Crippen molar-refractivity contribution in [1.29, 1.82) is 0 Å². The third-order valence-corrected chi connectivity index (χ3v) is 7.27. The van der Waals surface area contributed by atoms with E-state index in [2.05, 4.69) is 0 Å². The monoisotopic (exact) mass is 531 g/mol. The van der Waals surface area contributed by atoms with Crippen LogP contribution in [-0.2, 0) is 16.2 Å². The Morgan fingerprint density at radius 2 is 1.76 bits per heavy atom. The number of Topliss-reactive ketones (excluding diaryl/α,β-unsaturated/α-hetero) is 1. The molecule has 1 amide bonds. The fraction of sp³-hybridized carbons (Fsp3) is 0.103. The van der Waals surface area contributed by atoms with E-state index in [1.54, 1.807) is 36.4 Å². The topological polar surface area (TPSA) is 76.1 Å². The number of nitrogens with zero attached hydrogens (tertiary/aromatic N) is 1. The maximum absolute atomic E-state index is 13.3. The fourth-order valence-corrected chi connectivity index (χ4v) is 5.31. The highest BCUT2D eigenvalue weighted by Crippen LogP contribution is 2.44. The van der Waals surface area contributed by atoms with Gasteiger partial charge < -0.3 is 14.6 Å². The summed E-state index contributed by atoms with van der Waals surface area (Å²) in [4.78, 5) is 28.7. The van der Waals surface area contributed by atoms with Crippen molar-refractivity contribution in [2.45, 2.75) is 12.6 Å². The molecule has 4 aromatic rings. The molecule has 0 radical (unpaired) electrons. The highest BCUT2D eigenvalue weighted by atomic mass is 35.5. The molecule has 6 nitrogen and oxygen atoms in total. The molecular weight excluding hydrogens is 510 g/mol. The molecule has 1 aromatic heterocycles. The van der Waals surface area contributed by atoms with Crippen molar-refractivity contribution in [3.05, 3.63) is 117 Å². The number of halogens is 1. The molecule has 186 valence electrons. The van der Waals surface area contributed by atoms with Gasteiger partial charge in [-0.05, 0) is 59.5 Å². The van der Waals surface area contributed by atoms with E-state index in [1.807, 2.05) is 47.8 Å². The smallest absolute Gasteiger partial charge is 0.300 e. The number of amides is 1. The van der Waals surface area contributed by atoms with Gasteiger partial charge in [-0.15, -0.1) is 11.3 Å². The van der Waals surface area contributed by atoms with E-state index in [0.717, 1.165) is 10.4 Å². The summed E-state index contributed by atoms with van der Waals surface area (Å²) in [6, 6.07) is 24.3. The average molecular weight is 532 g/mol. The number of rotatable bonds is 7. The minimum absolute atomic E-state index is 0.00177. The average Bonchev–Trinajstić information content (AvgIpc) is 3.55. The molecule has 2 heterocycles. The largest absolute Gasteiger partial charge is 0.507 e. The first-order chi connectivity index (χ1) is 18.0. The lowest BCUT2D eigenvalue weighted by Gasteiger charge is -2.24. The minimum Gasteiger partial charge on any atom is -0.507 e. The number of aliphatic hydroxyl groups excluding tert-OH is 1. The molecule has 5 rings (SSSR count). The van der Waals surface area contributed by atoms with Gasteiger partial charge in [0.2, 0.25) is 0 Å². The van der Waals surface area contributed by atoms with Gasteiger partial charge >= 0.3 is 0 Å². The molecule has 0 spiro atoms. The molecule has 1 saturated heterocycles. The van der Waals surface area contributed by atoms with Gasteiger partial charge in [-0.1, -0.05) is 48.0 Å². The van der Waals surface area contributed by atoms with E-state index >= 15 is 0 Å². The van der Waals surface area contributed by atoms with Crippen molar-refractivity contribution < 1.29 is 24.2 Å². The standard InChI is InChI=1S/C29H22ClNO5S/c1-35-23-14-9-19(16-22(23)30)27(32)25-26(24-8-5-15-37-24)31(29(34)28(25)33)20-10-12-21(13-11-20)36-17-18-6-3-2-4-7-18/h2-16,26,32H,17H2,1H3/b27-25-. The van der Waals surface area contributed by atoms with Crippen LogP contribution in [0.25, 0.3) is 5.76 Å². The number of benzene rings is 3. The second-order valence-corrected chi connectivity index (χ2v) is 9.69. The van der Waals surface area contributed by atoms with Crippen LogP contribution in [0.1, 0.15) is 22.0 Å². The molecule has 0 aliphatic carbocycles. The number of carbonyl (C=O) groups is 2. The van der Waals surface area contributed by atoms with Crippen LogP contribution in [-0.4, -0.2) is 23.9 Å². The Hall–Kier alpha value is -4.07. The molecule has 3 aromatic carbocycles. The van der Waals surface area contributed by atoms with Gasteiger partial charge in [0.05, 0.1) is 17.7 Å². The summed E-state index contributed by atoms with van der Waals surface area (Å²) in [5, 5.41) is 13.4. The van der Waals surface area contributed by atoms with Gasteiger partial charge in [-0.25, -0.2) is 0 Å². The summed E-state index contributed by atoms with van der Waals surface area (Å²) >= 11 is 7.65. The number of hydrogen-bond donors (Lipinski definition) is 1. The Morgan fingerprint density at radius 3 is 2.41 bits per heavy atom. The quantitative estimate of drug-likeness (QED) is 0.165. The van der Waals surface area contributed by atoms with E-state index in [9.17, 15) is 14.7 Å². The fourth-order valence-electron chi connectivity index (χ4n) is 4.23. The summed E-state index contributed by atoms with van der Waals surface area (Å²) < 4.78 is 11.0. The van der Waals surface area contributed by atoms with Crippen LogP contribution in [0.4, 0.5) is 5.69 Å². The van der Waals surface area contributed by atoms with Crippen LogP contribution in [0, 0.1) is 0 Å². The number of thiophene rings is 1. The van der Waals surface area contributed by atoms with Gasteiger partial charge in [0.25, 0.3) is 11.7 Å². The molecule has 1 aliphatic rings. The zero-order valence-corrected chi connectivity index (χ0v) is 21.3. The van der Waals surface area contributed by atoms with Crippen molar-refractivity contribution in [3.8, 4) is 11.5 Å². The molecule has 0 saturated carbocycles. The zero-order valence-electron chi connectivity index (χ0n) is 19.8. The molecule has 1 atom stereocenters. The van der Waals surface area contributed by atoms with Crippen LogP contribution >= 0.6 is 22.9 Å². The number of hydrogen-bond acceptors (Lipinski definition) is 6. The molecule has 1 fully saturated rings. The highest BCUT2D eigenvalue weighted by Gasteiger charge is 2.47. The molecule has 8 heteroatoms. The van der Waals surface area contributed by atoms with Crippen molar-refractivity contribution in [3.63, 3.8) is 0 Å². The van der Waals surface area contributed by atoms with E-state index in [1.165, 1.54) is 29.4 Å². The Balaban J connectivity index is 1.50. The van der Waals surface area contributed by atoms with Crippen LogP contribution in [0.3, 0.4) is 0 Å². The van der Waals surface area contributed by atoms with Crippen molar-refractivity contribution in [2.24, 2.45) is 0 Å². The van der Waals surface area contributed by atoms with Gasteiger partial charge in [-0.2, -0.15) is 0 Å². The summed E-state index contributed by atoms with van der Waals surface area (Å²) in [5.41, 5.74) is 1.86. The lowest BCUT2D eigenvalue weighted by molar-refractivity contribution is -0.132. The first-order valence-corrected chi connectivity index (χ1v) is 12.7. The third-order valence-electron chi connectivity index (χ3n) is 6.05. The maximum atomic E-state index is 13.3. The normalized spacial score (nSPS) is 16.7. The zero-order chi connectivity index (χ0) is 25.9. The van der Waals surface area contributed by atoms with E-state index < -0.39 is 17.7 Å². The summed E-state index contributed by atoms with van der Waals surface area (Å²) in [5.74, 6) is -0.732. The first-order valence-electron chi connectivity index (χ1n) is 11.4. The lowest BCUT2D eigenvalue weighted by atomic mass is 9.99. The van der Waals surface area contributed by atoms with Crippen LogP contribution < -0.4 is 14.4 Å². The summed E-state index contributed by atoms with van der Waals surface area (Å²) in [7, 11) is 1.49.